The van der Waals surface area contributed by atoms with E-state index in [9.17, 15) is 4.79 Å². The van der Waals surface area contributed by atoms with Gasteiger partial charge >= 0.3 is 0 Å². The molecule has 4 nitrogen and oxygen atoms in total. The van der Waals surface area contributed by atoms with Gasteiger partial charge in [-0.05, 0) is 46.5 Å². The molecule has 2 aliphatic rings. The standard InChI is InChI=1S/C16H31N3O/c1-15(2,3)19-11-9-16(10-12-19,14(17)20)18-13-7-5-4-6-8-13/h13,18H,4-12H2,1-3H3,(H2,17,20). The van der Waals surface area contributed by atoms with Crippen LogP contribution in [0.25, 0.3) is 0 Å². The molecule has 1 aliphatic carbocycles. The lowest BCUT2D eigenvalue weighted by Gasteiger charge is -2.47. The van der Waals surface area contributed by atoms with Gasteiger partial charge in [0, 0.05) is 24.7 Å². The van der Waals surface area contributed by atoms with E-state index in [0.717, 1.165) is 25.9 Å². The van der Waals surface area contributed by atoms with E-state index >= 15 is 0 Å². The Hall–Kier alpha value is -0.610. The monoisotopic (exact) mass is 281 g/mol. The van der Waals surface area contributed by atoms with Gasteiger partial charge < -0.3 is 11.1 Å². The Kier molecular flexibility index (Phi) is 4.75. The summed E-state index contributed by atoms with van der Waals surface area (Å²) in [5.74, 6) is -0.156. The SMILES string of the molecule is CC(C)(C)N1CCC(NC2CCCCC2)(C(N)=O)CC1. The Morgan fingerprint density at radius 2 is 1.70 bits per heavy atom. The van der Waals surface area contributed by atoms with Crippen molar-refractivity contribution in [2.75, 3.05) is 13.1 Å². The average Bonchev–Trinajstić information content (AvgIpc) is 2.39. The molecule has 1 heterocycles. The highest BCUT2D eigenvalue weighted by atomic mass is 16.1. The molecule has 0 unspecified atom stereocenters. The van der Waals surface area contributed by atoms with Crippen LogP contribution in [0, 0.1) is 0 Å². The predicted molar refractivity (Wildman–Crippen MR) is 82.5 cm³/mol. The number of nitrogens with one attached hydrogen (secondary N) is 1. The molecule has 1 saturated carbocycles. The van der Waals surface area contributed by atoms with Crippen LogP contribution < -0.4 is 11.1 Å². The summed E-state index contributed by atoms with van der Waals surface area (Å²) in [6.07, 6.45) is 7.96. The van der Waals surface area contributed by atoms with Crippen LogP contribution in [-0.4, -0.2) is 41.0 Å². The molecule has 1 aliphatic heterocycles. The molecule has 0 spiro atoms. The number of rotatable bonds is 3. The van der Waals surface area contributed by atoms with E-state index in [1.54, 1.807) is 0 Å². The zero-order valence-electron chi connectivity index (χ0n) is 13.4. The summed E-state index contributed by atoms with van der Waals surface area (Å²) in [4.78, 5) is 14.5. The molecule has 1 saturated heterocycles. The molecule has 0 aromatic heterocycles. The number of carbonyl (C=O) groups is 1. The number of hydrogen-bond acceptors (Lipinski definition) is 3. The number of primary amides is 1. The van der Waals surface area contributed by atoms with Crippen LogP contribution in [0.1, 0.15) is 65.7 Å². The zero-order chi connectivity index (χ0) is 14.8. The summed E-state index contributed by atoms with van der Waals surface area (Å²) in [6.45, 7) is 8.61. The second-order valence-electron chi connectivity index (χ2n) is 7.58. The van der Waals surface area contributed by atoms with Gasteiger partial charge in [-0.15, -0.1) is 0 Å². The maximum Gasteiger partial charge on any atom is 0.237 e. The van der Waals surface area contributed by atoms with Crippen molar-refractivity contribution in [3.63, 3.8) is 0 Å². The molecule has 0 radical (unpaired) electrons. The molecule has 0 atom stereocenters. The first kappa shape index (κ1) is 15.8. The Bertz CT molecular complexity index is 334. The Morgan fingerprint density at radius 3 is 2.15 bits per heavy atom. The molecule has 0 aromatic carbocycles. The van der Waals surface area contributed by atoms with Crippen molar-refractivity contribution in [3.05, 3.63) is 0 Å². The van der Waals surface area contributed by atoms with Crippen molar-refractivity contribution in [3.8, 4) is 0 Å². The van der Waals surface area contributed by atoms with Gasteiger partial charge in [-0.1, -0.05) is 19.3 Å². The van der Waals surface area contributed by atoms with Gasteiger partial charge in [0.25, 0.3) is 0 Å². The molecule has 3 N–H and O–H groups in total. The van der Waals surface area contributed by atoms with Crippen LogP contribution in [0.2, 0.25) is 0 Å². The lowest BCUT2D eigenvalue weighted by atomic mass is 9.82. The van der Waals surface area contributed by atoms with Crippen LogP contribution in [0.15, 0.2) is 0 Å². The summed E-state index contributed by atoms with van der Waals surface area (Å²) < 4.78 is 0. The first-order valence-corrected chi connectivity index (χ1v) is 8.16. The summed E-state index contributed by atoms with van der Waals surface area (Å²) in [5, 5.41) is 3.64. The quantitative estimate of drug-likeness (QED) is 0.832. The number of nitrogens with two attached hydrogens (primary N) is 1. The lowest BCUT2D eigenvalue weighted by molar-refractivity contribution is -0.127. The number of carbonyl (C=O) groups excluding carboxylic acids is 1. The van der Waals surface area contributed by atoms with Crippen molar-refractivity contribution in [2.24, 2.45) is 5.73 Å². The van der Waals surface area contributed by atoms with E-state index in [-0.39, 0.29) is 11.4 Å². The highest BCUT2D eigenvalue weighted by molar-refractivity contribution is 5.84. The molecule has 1 amide bonds. The highest BCUT2D eigenvalue weighted by Crippen LogP contribution is 2.29. The fraction of sp³-hybridized carbons (Fsp3) is 0.938. The number of likely N-dealkylation sites (tertiary alicyclic amines) is 1. The molecular formula is C16H31N3O. The van der Waals surface area contributed by atoms with Crippen LogP contribution in [0.3, 0.4) is 0 Å². The minimum Gasteiger partial charge on any atom is -0.368 e. The summed E-state index contributed by atoms with van der Waals surface area (Å²) >= 11 is 0. The normalized spacial score (nSPS) is 25.6. The van der Waals surface area contributed by atoms with Crippen LogP contribution >= 0.6 is 0 Å². The van der Waals surface area contributed by atoms with Crippen LogP contribution in [0.5, 0.6) is 0 Å². The maximum atomic E-state index is 12.0. The van der Waals surface area contributed by atoms with Gasteiger partial charge in [-0.2, -0.15) is 0 Å². The van der Waals surface area contributed by atoms with Crippen molar-refractivity contribution < 1.29 is 4.79 Å². The summed E-state index contributed by atoms with van der Waals surface area (Å²) in [7, 11) is 0. The third kappa shape index (κ3) is 3.53. The first-order chi connectivity index (χ1) is 9.33. The Morgan fingerprint density at radius 1 is 1.15 bits per heavy atom. The minimum absolute atomic E-state index is 0.156. The fourth-order valence-electron chi connectivity index (χ4n) is 3.66. The number of amides is 1. The second kappa shape index (κ2) is 6.02. The van der Waals surface area contributed by atoms with E-state index in [1.807, 2.05) is 0 Å². The maximum absolute atomic E-state index is 12.0. The van der Waals surface area contributed by atoms with E-state index in [2.05, 4.69) is 31.0 Å². The molecule has 20 heavy (non-hydrogen) atoms. The first-order valence-electron chi connectivity index (χ1n) is 8.16. The molecular weight excluding hydrogens is 250 g/mol. The molecule has 0 bridgehead atoms. The van der Waals surface area contributed by atoms with Crippen LogP contribution in [0.4, 0.5) is 0 Å². The van der Waals surface area contributed by atoms with Gasteiger partial charge in [-0.3, -0.25) is 9.69 Å². The second-order valence-corrected chi connectivity index (χ2v) is 7.58. The molecule has 116 valence electrons. The van der Waals surface area contributed by atoms with E-state index in [4.69, 9.17) is 5.73 Å². The van der Waals surface area contributed by atoms with E-state index in [0.29, 0.717) is 6.04 Å². The van der Waals surface area contributed by atoms with Gasteiger partial charge in [0.2, 0.25) is 5.91 Å². The third-order valence-corrected chi connectivity index (χ3v) is 5.12. The minimum atomic E-state index is -0.468. The van der Waals surface area contributed by atoms with Gasteiger partial charge in [0.1, 0.15) is 5.54 Å². The zero-order valence-corrected chi connectivity index (χ0v) is 13.4. The van der Waals surface area contributed by atoms with Crippen molar-refractivity contribution in [1.82, 2.24) is 10.2 Å². The summed E-state index contributed by atoms with van der Waals surface area (Å²) in [5.41, 5.74) is 5.46. The van der Waals surface area contributed by atoms with Crippen LogP contribution in [-0.2, 0) is 4.79 Å². The number of piperidine rings is 1. The molecule has 0 aromatic rings. The lowest BCUT2D eigenvalue weighted by Crippen LogP contribution is -2.64. The Labute approximate surface area is 123 Å². The predicted octanol–water partition coefficient (Wildman–Crippen LogP) is 2.03. The highest BCUT2D eigenvalue weighted by Gasteiger charge is 2.42. The Balaban J connectivity index is 1.99. The van der Waals surface area contributed by atoms with Crippen molar-refractivity contribution in [2.45, 2.75) is 82.8 Å². The van der Waals surface area contributed by atoms with Gasteiger partial charge in [-0.25, -0.2) is 0 Å². The topological polar surface area (TPSA) is 58.4 Å². The third-order valence-electron chi connectivity index (χ3n) is 5.12. The average molecular weight is 281 g/mol. The number of nitrogens with zero attached hydrogens (tertiary/aromatic N) is 1. The van der Waals surface area contributed by atoms with E-state index < -0.39 is 5.54 Å². The molecule has 2 rings (SSSR count). The van der Waals surface area contributed by atoms with Gasteiger partial charge in [0.15, 0.2) is 0 Å². The number of hydrogen-bond donors (Lipinski definition) is 2. The van der Waals surface area contributed by atoms with Crippen molar-refractivity contribution in [1.29, 1.82) is 0 Å². The largest absolute Gasteiger partial charge is 0.368 e. The molecule has 2 fully saturated rings. The smallest absolute Gasteiger partial charge is 0.237 e. The fourth-order valence-corrected chi connectivity index (χ4v) is 3.66. The summed E-state index contributed by atoms with van der Waals surface area (Å²) in [6, 6.07) is 0.484. The van der Waals surface area contributed by atoms with E-state index in [1.165, 1.54) is 32.1 Å². The molecule has 4 heteroatoms. The van der Waals surface area contributed by atoms with Gasteiger partial charge in [0.05, 0.1) is 0 Å². The van der Waals surface area contributed by atoms with Crippen molar-refractivity contribution >= 4 is 5.91 Å².